The topological polar surface area (TPSA) is 91.6 Å². The van der Waals surface area contributed by atoms with Crippen LogP contribution in [0.1, 0.15) is 24.2 Å². The summed E-state index contributed by atoms with van der Waals surface area (Å²) in [7, 11) is 0. The Morgan fingerprint density at radius 1 is 1.32 bits per heavy atom. The molecule has 2 aromatic heterocycles. The Labute approximate surface area is 149 Å². The molecule has 0 bridgehead atoms. The second-order valence-electron chi connectivity index (χ2n) is 6.09. The smallest absolute Gasteiger partial charge is 0.251 e. The molecule has 0 unspecified atom stereocenters. The first kappa shape index (κ1) is 17.4. The molecule has 0 aliphatic carbocycles. The summed E-state index contributed by atoms with van der Waals surface area (Å²) in [5.41, 5.74) is 2.29. The molecule has 0 saturated carbocycles. The molecule has 132 valence electrons. The van der Waals surface area contributed by atoms with Gasteiger partial charge in [0.2, 0.25) is 10.1 Å². The van der Waals surface area contributed by atoms with E-state index in [0.29, 0.717) is 11.5 Å². The van der Waals surface area contributed by atoms with Crippen LogP contribution in [0.3, 0.4) is 0 Å². The summed E-state index contributed by atoms with van der Waals surface area (Å²) in [6.45, 7) is 5.35. The highest BCUT2D eigenvalue weighted by Gasteiger charge is 2.11. The third kappa shape index (κ3) is 4.15. The third-order valence-electron chi connectivity index (χ3n) is 3.54. The summed E-state index contributed by atoms with van der Waals surface area (Å²) in [5, 5.41) is 20.0. The second-order valence-corrected chi connectivity index (χ2v) is 7.05. The standard InChI is InChI=1S/C17H21N5O2S/c1-11(2)9-19-16-21-22-10-14(20-17(22)25-16)12-3-5-13(6-4-12)15(24)18-7-8-23/h3-6,10-11,23H,7-9H2,1-2H3,(H,18,24)(H,19,21). The van der Waals surface area contributed by atoms with E-state index >= 15 is 0 Å². The molecule has 8 heteroatoms. The molecular weight excluding hydrogens is 338 g/mol. The van der Waals surface area contributed by atoms with E-state index in [1.54, 1.807) is 16.6 Å². The summed E-state index contributed by atoms with van der Waals surface area (Å²) >= 11 is 1.51. The van der Waals surface area contributed by atoms with Crippen molar-refractivity contribution < 1.29 is 9.90 Å². The minimum Gasteiger partial charge on any atom is -0.395 e. The predicted octanol–water partition coefficient (Wildman–Crippen LogP) is 2.25. The first-order valence-corrected chi connectivity index (χ1v) is 8.98. The Morgan fingerprint density at radius 2 is 2.08 bits per heavy atom. The molecule has 0 aliphatic rings. The Balaban J connectivity index is 1.73. The second kappa shape index (κ2) is 7.62. The van der Waals surface area contributed by atoms with Crippen molar-refractivity contribution in [3.05, 3.63) is 36.0 Å². The number of imidazole rings is 1. The van der Waals surface area contributed by atoms with Crippen molar-refractivity contribution in [2.45, 2.75) is 13.8 Å². The zero-order valence-electron chi connectivity index (χ0n) is 14.2. The van der Waals surface area contributed by atoms with Crippen molar-refractivity contribution >= 4 is 27.3 Å². The van der Waals surface area contributed by atoms with Crippen molar-refractivity contribution in [1.29, 1.82) is 0 Å². The molecule has 0 atom stereocenters. The summed E-state index contributed by atoms with van der Waals surface area (Å²) in [6, 6.07) is 7.22. The number of fused-ring (bicyclic) bond motifs is 1. The number of aliphatic hydroxyl groups excluding tert-OH is 1. The lowest BCUT2D eigenvalue weighted by molar-refractivity contribution is 0.0945. The van der Waals surface area contributed by atoms with Crippen LogP contribution >= 0.6 is 11.3 Å². The Hall–Kier alpha value is -2.45. The number of hydrogen-bond donors (Lipinski definition) is 3. The van der Waals surface area contributed by atoms with E-state index in [0.717, 1.165) is 27.9 Å². The van der Waals surface area contributed by atoms with Gasteiger partial charge in [0, 0.05) is 24.2 Å². The van der Waals surface area contributed by atoms with Gasteiger partial charge < -0.3 is 15.7 Å². The molecule has 0 radical (unpaired) electrons. The van der Waals surface area contributed by atoms with E-state index in [9.17, 15) is 4.79 Å². The Bertz CT molecular complexity index is 822. The average Bonchev–Trinajstić information content (AvgIpc) is 3.16. The lowest BCUT2D eigenvalue weighted by Crippen LogP contribution is -2.26. The fourth-order valence-corrected chi connectivity index (χ4v) is 3.05. The van der Waals surface area contributed by atoms with Crippen LogP contribution in [0.15, 0.2) is 30.5 Å². The van der Waals surface area contributed by atoms with Gasteiger partial charge in [0.1, 0.15) is 0 Å². The number of aromatic nitrogens is 3. The van der Waals surface area contributed by atoms with Gasteiger partial charge in [-0.3, -0.25) is 4.79 Å². The van der Waals surface area contributed by atoms with Crippen molar-refractivity contribution in [1.82, 2.24) is 19.9 Å². The maximum atomic E-state index is 11.8. The van der Waals surface area contributed by atoms with Crippen LogP contribution in [-0.2, 0) is 0 Å². The predicted molar refractivity (Wildman–Crippen MR) is 99.0 cm³/mol. The Morgan fingerprint density at radius 3 is 2.72 bits per heavy atom. The normalized spacial score (nSPS) is 11.2. The third-order valence-corrected chi connectivity index (χ3v) is 4.43. The van der Waals surface area contributed by atoms with Gasteiger partial charge in [0.25, 0.3) is 5.91 Å². The molecule has 3 N–H and O–H groups in total. The summed E-state index contributed by atoms with van der Waals surface area (Å²) in [5.74, 6) is 0.355. The van der Waals surface area contributed by atoms with Crippen LogP contribution in [-0.4, -0.2) is 45.3 Å². The monoisotopic (exact) mass is 359 g/mol. The zero-order valence-corrected chi connectivity index (χ0v) is 15.0. The number of aliphatic hydroxyl groups is 1. The SMILES string of the molecule is CC(C)CNc1nn2cc(-c3ccc(C(=O)NCCO)cc3)nc2s1. The first-order valence-electron chi connectivity index (χ1n) is 8.16. The number of carbonyl (C=O) groups excluding carboxylic acids is 1. The molecule has 3 aromatic rings. The van der Waals surface area contributed by atoms with Gasteiger partial charge in [-0.05, 0) is 18.1 Å². The number of amides is 1. The van der Waals surface area contributed by atoms with Gasteiger partial charge in [0.15, 0.2) is 0 Å². The van der Waals surface area contributed by atoms with E-state index in [1.807, 2.05) is 18.3 Å². The lowest BCUT2D eigenvalue weighted by atomic mass is 10.1. The van der Waals surface area contributed by atoms with Gasteiger partial charge in [0.05, 0.1) is 18.5 Å². The molecule has 1 aromatic carbocycles. The van der Waals surface area contributed by atoms with Crippen LogP contribution in [0.4, 0.5) is 5.13 Å². The molecule has 0 aliphatic heterocycles. The summed E-state index contributed by atoms with van der Waals surface area (Å²) in [6.07, 6.45) is 1.88. The molecule has 2 heterocycles. The minimum atomic E-state index is -0.200. The largest absolute Gasteiger partial charge is 0.395 e. The quantitative estimate of drug-likeness (QED) is 0.602. The van der Waals surface area contributed by atoms with Crippen LogP contribution in [0.25, 0.3) is 16.2 Å². The number of nitrogens with zero attached hydrogens (tertiary/aromatic N) is 3. The number of anilines is 1. The van der Waals surface area contributed by atoms with E-state index < -0.39 is 0 Å². The van der Waals surface area contributed by atoms with Crippen LogP contribution in [0, 0.1) is 5.92 Å². The molecule has 1 amide bonds. The number of hydrogen-bond acceptors (Lipinski definition) is 6. The zero-order chi connectivity index (χ0) is 17.8. The number of benzene rings is 1. The summed E-state index contributed by atoms with van der Waals surface area (Å²) in [4.78, 5) is 17.3. The molecule has 3 rings (SSSR count). The number of carbonyl (C=O) groups is 1. The van der Waals surface area contributed by atoms with Crippen LogP contribution in [0.5, 0.6) is 0 Å². The highest BCUT2D eigenvalue weighted by molar-refractivity contribution is 7.20. The Kier molecular flexibility index (Phi) is 5.30. The molecule has 0 spiro atoms. The maximum Gasteiger partial charge on any atom is 0.251 e. The van der Waals surface area contributed by atoms with E-state index in [-0.39, 0.29) is 19.1 Å². The summed E-state index contributed by atoms with van der Waals surface area (Å²) < 4.78 is 1.77. The van der Waals surface area contributed by atoms with E-state index in [2.05, 4.69) is 34.6 Å². The van der Waals surface area contributed by atoms with Crippen molar-refractivity contribution in [3.8, 4) is 11.3 Å². The molecular formula is C17H21N5O2S. The molecule has 25 heavy (non-hydrogen) atoms. The lowest BCUT2D eigenvalue weighted by Gasteiger charge is -2.04. The van der Waals surface area contributed by atoms with E-state index in [1.165, 1.54) is 11.3 Å². The minimum absolute atomic E-state index is 0.0732. The van der Waals surface area contributed by atoms with Crippen molar-refractivity contribution in [3.63, 3.8) is 0 Å². The fraction of sp³-hybridized carbons (Fsp3) is 0.353. The highest BCUT2D eigenvalue weighted by atomic mass is 32.1. The van der Waals surface area contributed by atoms with E-state index in [4.69, 9.17) is 5.11 Å². The number of rotatable bonds is 7. The van der Waals surface area contributed by atoms with Crippen molar-refractivity contribution in [2.75, 3.05) is 25.0 Å². The average molecular weight is 359 g/mol. The van der Waals surface area contributed by atoms with Gasteiger partial charge >= 0.3 is 0 Å². The van der Waals surface area contributed by atoms with Gasteiger partial charge in [-0.1, -0.05) is 37.3 Å². The highest BCUT2D eigenvalue weighted by Crippen LogP contribution is 2.24. The molecule has 7 nitrogen and oxygen atoms in total. The fourth-order valence-electron chi connectivity index (χ4n) is 2.27. The van der Waals surface area contributed by atoms with Gasteiger partial charge in [-0.2, -0.15) is 0 Å². The van der Waals surface area contributed by atoms with Crippen LogP contribution < -0.4 is 10.6 Å². The van der Waals surface area contributed by atoms with Gasteiger partial charge in [-0.25, -0.2) is 9.50 Å². The molecule has 0 fully saturated rings. The molecule has 0 saturated heterocycles. The van der Waals surface area contributed by atoms with Gasteiger partial charge in [-0.15, -0.1) is 5.10 Å². The van der Waals surface area contributed by atoms with Crippen molar-refractivity contribution in [2.24, 2.45) is 5.92 Å². The number of nitrogens with one attached hydrogen (secondary N) is 2. The maximum absolute atomic E-state index is 11.8. The first-order chi connectivity index (χ1) is 12.1. The van der Waals surface area contributed by atoms with Crippen LogP contribution in [0.2, 0.25) is 0 Å².